The number of nitrogens with zero attached hydrogens (tertiary/aromatic N) is 2. The first-order chi connectivity index (χ1) is 12.3. The van der Waals surface area contributed by atoms with E-state index in [1.165, 1.54) is 25.7 Å². The molecule has 146 valence electrons. The predicted molar refractivity (Wildman–Crippen MR) is 98.6 cm³/mol. The van der Waals surface area contributed by atoms with Gasteiger partial charge in [-0.3, -0.25) is 0 Å². The summed E-state index contributed by atoms with van der Waals surface area (Å²) < 4.78 is 11.5. The topological polar surface area (TPSA) is 74.6 Å². The van der Waals surface area contributed by atoms with Gasteiger partial charge in [-0.2, -0.15) is 5.26 Å². The first-order valence-corrected chi connectivity index (χ1v) is 10.0. The lowest BCUT2D eigenvalue weighted by Crippen LogP contribution is -2.65. The minimum Gasteiger partial charge on any atom is -0.444 e. The van der Waals surface area contributed by atoms with E-state index in [-0.39, 0.29) is 23.5 Å². The molecule has 1 spiro atoms. The van der Waals surface area contributed by atoms with Gasteiger partial charge in [0, 0.05) is 37.2 Å². The van der Waals surface area contributed by atoms with Gasteiger partial charge in [0.15, 0.2) is 0 Å². The molecule has 3 fully saturated rings. The van der Waals surface area contributed by atoms with Crippen molar-refractivity contribution in [2.45, 2.75) is 83.6 Å². The normalized spacial score (nSPS) is 33.1. The summed E-state index contributed by atoms with van der Waals surface area (Å²) in [6.07, 6.45) is 5.96. The minimum atomic E-state index is -0.517. The predicted octanol–water partition coefficient (Wildman–Crippen LogP) is 3.07. The molecule has 3 aliphatic rings. The average Bonchev–Trinajstić information content (AvgIpc) is 3.21. The van der Waals surface area contributed by atoms with Crippen LogP contribution in [-0.2, 0) is 9.47 Å². The van der Waals surface area contributed by atoms with Crippen molar-refractivity contribution in [3.05, 3.63) is 0 Å². The number of nitrogens with one attached hydrogen (secondary N) is 1. The van der Waals surface area contributed by atoms with E-state index < -0.39 is 5.60 Å². The van der Waals surface area contributed by atoms with E-state index in [1.807, 2.05) is 20.8 Å². The van der Waals surface area contributed by atoms with Crippen LogP contribution in [0.3, 0.4) is 0 Å². The fourth-order valence-electron chi connectivity index (χ4n) is 4.96. The van der Waals surface area contributed by atoms with E-state index in [0.29, 0.717) is 25.2 Å². The Morgan fingerprint density at radius 1 is 1.31 bits per heavy atom. The molecule has 1 heterocycles. The van der Waals surface area contributed by atoms with Crippen molar-refractivity contribution in [2.24, 2.45) is 11.3 Å². The molecule has 6 nitrogen and oxygen atoms in total. The summed E-state index contributed by atoms with van der Waals surface area (Å²) >= 11 is 0. The lowest BCUT2D eigenvalue weighted by atomic mass is 9.60. The lowest BCUT2D eigenvalue weighted by molar-refractivity contribution is -0.132. The number of likely N-dealkylation sites (tertiary alicyclic amines) is 1. The second kappa shape index (κ2) is 7.36. The zero-order valence-corrected chi connectivity index (χ0v) is 16.6. The lowest BCUT2D eigenvalue weighted by Gasteiger charge is -2.55. The van der Waals surface area contributed by atoms with Crippen molar-refractivity contribution < 1.29 is 14.3 Å². The number of carbonyl (C=O) groups excluding carboxylic acids is 1. The first-order valence-electron chi connectivity index (χ1n) is 10.0. The maximum atomic E-state index is 12.4. The maximum absolute atomic E-state index is 12.4. The van der Waals surface area contributed by atoms with E-state index in [2.05, 4.69) is 18.3 Å². The highest BCUT2D eigenvalue weighted by Gasteiger charge is 2.57. The number of amides is 1. The van der Waals surface area contributed by atoms with Crippen LogP contribution < -0.4 is 5.32 Å². The van der Waals surface area contributed by atoms with Crippen molar-refractivity contribution >= 4 is 6.09 Å². The van der Waals surface area contributed by atoms with Gasteiger partial charge >= 0.3 is 6.09 Å². The Hall–Kier alpha value is -1.32. The largest absolute Gasteiger partial charge is 0.444 e. The molecule has 1 amide bonds. The van der Waals surface area contributed by atoms with Crippen molar-refractivity contribution in [3.8, 4) is 6.07 Å². The van der Waals surface area contributed by atoms with Crippen LogP contribution in [0.5, 0.6) is 0 Å². The zero-order valence-electron chi connectivity index (χ0n) is 16.6. The smallest absolute Gasteiger partial charge is 0.410 e. The Morgan fingerprint density at radius 2 is 2.00 bits per heavy atom. The fourth-order valence-corrected chi connectivity index (χ4v) is 4.96. The Labute approximate surface area is 157 Å². The van der Waals surface area contributed by atoms with Crippen LogP contribution >= 0.6 is 0 Å². The molecule has 4 atom stereocenters. The van der Waals surface area contributed by atoms with E-state index >= 15 is 0 Å². The molecule has 0 aromatic rings. The van der Waals surface area contributed by atoms with E-state index in [0.717, 1.165) is 13.0 Å². The summed E-state index contributed by atoms with van der Waals surface area (Å²) in [4.78, 5) is 14.0. The van der Waals surface area contributed by atoms with Gasteiger partial charge in [-0.25, -0.2) is 4.79 Å². The second-order valence-electron chi connectivity index (χ2n) is 9.07. The Kier molecular flexibility index (Phi) is 5.50. The molecule has 0 aromatic heterocycles. The van der Waals surface area contributed by atoms with Crippen molar-refractivity contribution in [1.29, 1.82) is 5.26 Å². The number of rotatable bonds is 4. The third-order valence-corrected chi connectivity index (χ3v) is 6.24. The Balaban J connectivity index is 1.62. The number of hydrogen-bond donors (Lipinski definition) is 1. The van der Waals surface area contributed by atoms with Gasteiger partial charge in [-0.15, -0.1) is 0 Å². The van der Waals surface area contributed by atoms with Crippen LogP contribution in [0.1, 0.15) is 59.8 Å². The van der Waals surface area contributed by atoms with Crippen LogP contribution in [0.15, 0.2) is 0 Å². The zero-order chi connectivity index (χ0) is 18.9. The van der Waals surface area contributed by atoms with Crippen molar-refractivity contribution in [2.75, 3.05) is 19.7 Å². The number of hydrogen-bond acceptors (Lipinski definition) is 5. The molecule has 2 saturated carbocycles. The molecule has 1 saturated heterocycles. The molecular formula is C20H33N3O3. The second-order valence-corrected chi connectivity index (χ2v) is 9.07. The van der Waals surface area contributed by atoms with Crippen molar-refractivity contribution in [1.82, 2.24) is 10.2 Å². The van der Waals surface area contributed by atoms with Crippen LogP contribution in [0.25, 0.3) is 0 Å². The Morgan fingerprint density at radius 3 is 2.58 bits per heavy atom. The molecule has 0 radical (unpaired) electrons. The highest BCUT2D eigenvalue weighted by Crippen LogP contribution is 2.55. The Bertz CT molecular complexity index is 560. The van der Waals surface area contributed by atoms with Crippen molar-refractivity contribution in [3.63, 3.8) is 0 Å². The van der Waals surface area contributed by atoms with Crippen LogP contribution in [0.4, 0.5) is 4.79 Å². The van der Waals surface area contributed by atoms with E-state index in [1.54, 1.807) is 4.90 Å². The third-order valence-electron chi connectivity index (χ3n) is 6.24. The summed E-state index contributed by atoms with van der Waals surface area (Å²) in [6.45, 7) is 9.40. The molecule has 2 aliphatic carbocycles. The molecular weight excluding hydrogens is 330 g/mol. The minimum absolute atomic E-state index is 0.0116. The molecule has 3 rings (SSSR count). The molecule has 26 heavy (non-hydrogen) atoms. The van der Waals surface area contributed by atoms with E-state index in [4.69, 9.17) is 9.47 Å². The highest BCUT2D eigenvalue weighted by molar-refractivity contribution is 5.68. The quantitative estimate of drug-likeness (QED) is 0.831. The molecule has 0 aromatic carbocycles. The monoisotopic (exact) mass is 363 g/mol. The first kappa shape index (κ1) is 19.4. The third kappa shape index (κ3) is 3.70. The molecule has 0 bridgehead atoms. The average molecular weight is 364 g/mol. The van der Waals surface area contributed by atoms with Gasteiger partial charge < -0.3 is 19.7 Å². The number of carbonyl (C=O) groups is 1. The fraction of sp³-hybridized carbons (Fsp3) is 0.900. The summed E-state index contributed by atoms with van der Waals surface area (Å²) in [5, 5.41) is 13.3. The van der Waals surface area contributed by atoms with E-state index in [9.17, 15) is 10.1 Å². The van der Waals surface area contributed by atoms with Gasteiger partial charge in [0.25, 0.3) is 0 Å². The number of nitriles is 1. The van der Waals surface area contributed by atoms with Gasteiger partial charge in [-0.05, 0) is 47.0 Å². The van der Waals surface area contributed by atoms with Crippen LogP contribution in [0.2, 0.25) is 0 Å². The SMILES string of the molecule is CCOC1CC(NC2CN(C(=O)OC(C)(C)C)CC2C#N)C12CCCC2. The summed E-state index contributed by atoms with van der Waals surface area (Å²) in [5.41, 5.74) is -0.285. The molecule has 1 aliphatic heterocycles. The summed E-state index contributed by atoms with van der Waals surface area (Å²) in [5.74, 6) is -0.188. The maximum Gasteiger partial charge on any atom is 0.410 e. The van der Waals surface area contributed by atoms with Gasteiger partial charge in [0.2, 0.25) is 0 Å². The van der Waals surface area contributed by atoms with Crippen LogP contribution in [0, 0.1) is 22.7 Å². The molecule has 1 N–H and O–H groups in total. The number of ether oxygens (including phenoxy) is 2. The molecule has 6 heteroatoms. The highest BCUT2D eigenvalue weighted by atomic mass is 16.6. The van der Waals surface area contributed by atoms with Gasteiger partial charge in [-0.1, -0.05) is 12.8 Å². The molecule has 4 unspecified atom stereocenters. The van der Waals surface area contributed by atoms with Crippen LogP contribution in [-0.4, -0.2) is 54.5 Å². The summed E-state index contributed by atoms with van der Waals surface area (Å²) in [6, 6.07) is 2.79. The summed E-state index contributed by atoms with van der Waals surface area (Å²) in [7, 11) is 0. The van der Waals surface area contributed by atoms with Gasteiger partial charge in [0.05, 0.1) is 18.1 Å². The van der Waals surface area contributed by atoms with Gasteiger partial charge in [0.1, 0.15) is 5.60 Å². The standard InChI is InChI=1S/C20H33N3O3/c1-5-25-17-10-16(20(17)8-6-7-9-20)22-15-13-23(12-14(15)11-21)18(24)26-19(2,3)4/h14-17,22H,5-10,12-13H2,1-4H3.